The highest BCUT2D eigenvalue weighted by atomic mass is 32.2. The number of hydrogen-bond acceptors (Lipinski definition) is 6. The van der Waals surface area contributed by atoms with E-state index in [4.69, 9.17) is 9.47 Å². The van der Waals surface area contributed by atoms with Gasteiger partial charge in [-0.05, 0) is 57.0 Å². The number of sulfonamides is 1. The third-order valence-corrected chi connectivity index (χ3v) is 6.74. The number of benzene rings is 2. The maximum atomic E-state index is 13.3. The Morgan fingerprint density at radius 3 is 2.45 bits per heavy atom. The Kier molecular flexibility index (Phi) is 7.16. The molecule has 3 rings (SSSR count). The molecule has 2 aromatic rings. The molecule has 0 bridgehead atoms. The van der Waals surface area contributed by atoms with Crippen LogP contribution in [-0.4, -0.2) is 52.8 Å². The summed E-state index contributed by atoms with van der Waals surface area (Å²) in [6, 6.07) is 11.6. The maximum absolute atomic E-state index is 13.3. The van der Waals surface area contributed by atoms with Crippen molar-refractivity contribution >= 4 is 27.7 Å². The smallest absolute Gasteiger partial charge is 0.407 e. The number of fused-ring (bicyclic) bond motifs is 1. The van der Waals surface area contributed by atoms with E-state index in [0.717, 1.165) is 5.56 Å². The van der Waals surface area contributed by atoms with Crippen LogP contribution in [0.15, 0.2) is 47.4 Å². The summed E-state index contributed by atoms with van der Waals surface area (Å²) in [7, 11) is -2.46. The van der Waals surface area contributed by atoms with Gasteiger partial charge in [0.05, 0.1) is 23.3 Å². The molecule has 2 aromatic carbocycles. The zero-order valence-electron chi connectivity index (χ0n) is 19.2. The molecule has 0 unspecified atom stereocenters. The molecule has 9 nitrogen and oxygen atoms in total. The highest BCUT2D eigenvalue weighted by Gasteiger charge is 2.31. The molecule has 0 spiro atoms. The van der Waals surface area contributed by atoms with E-state index in [1.807, 2.05) is 12.1 Å². The Bertz CT molecular complexity index is 1140. The third kappa shape index (κ3) is 5.75. The molecule has 33 heavy (non-hydrogen) atoms. The second kappa shape index (κ2) is 9.70. The van der Waals surface area contributed by atoms with E-state index in [0.29, 0.717) is 18.7 Å². The number of carbonyl (C=O) groups is 2. The first-order chi connectivity index (χ1) is 15.5. The summed E-state index contributed by atoms with van der Waals surface area (Å²) < 4.78 is 38.4. The van der Waals surface area contributed by atoms with Crippen LogP contribution in [0.25, 0.3) is 0 Å². The molecule has 0 saturated heterocycles. The molecule has 0 radical (unpaired) electrons. The van der Waals surface area contributed by atoms with Gasteiger partial charge in [0.15, 0.2) is 0 Å². The molecule has 2 N–H and O–H groups in total. The van der Waals surface area contributed by atoms with Crippen LogP contribution in [0.1, 0.15) is 36.7 Å². The van der Waals surface area contributed by atoms with Crippen molar-refractivity contribution < 1.29 is 27.5 Å². The average Bonchev–Trinajstić information content (AvgIpc) is 3.20. The number of alkyl carbamates (subject to hydrolysis) is 1. The fourth-order valence-electron chi connectivity index (χ4n) is 3.46. The monoisotopic (exact) mass is 475 g/mol. The minimum Gasteiger partial charge on any atom is -0.496 e. The molecule has 1 aliphatic heterocycles. The molecule has 178 valence electrons. The lowest BCUT2D eigenvalue weighted by Crippen LogP contribution is -2.38. The number of methoxy groups -OCH3 is 1. The Labute approximate surface area is 194 Å². The first-order valence-corrected chi connectivity index (χ1v) is 12.0. The van der Waals surface area contributed by atoms with Gasteiger partial charge >= 0.3 is 6.09 Å². The van der Waals surface area contributed by atoms with Crippen molar-refractivity contribution in [1.82, 2.24) is 10.6 Å². The maximum Gasteiger partial charge on any atom is 0.407 e. The lowest BCUT2D eigenvalue weighted by molar-refractivity contribution is 0.0526. The summed E-state index contributed by atoms with van der Waals surface area (Å²) in [5.74, 6) is -0.273. The van der Waals surface area contributed by atoms with E-state index in [9.17, 15) is 18.0 Å². The van der Waals surface area contributed by atoms with Gasteiger partial charge in [-0.1, -0.05) is 18.2 Å². The first-order valence-electron chi connectivity index (χ1n) is 10.6. The van der Waals surface area contributed by atoms with Crippen LogP contribution < -0.4 is 19.7 Å². The van der Waals surface area contributed by atoms with E-state index < -0.39 is 27.6 Å². The van der Waals surface area contributed by atoms with E-state index >= 15 is 0 Å². The predicted octanol–water partition coefficient (Wildman–Crippen LogP) is 2.70. The summed E-state index contributed by atoms with van der Waals surface area (Å²) in [4.78, 5) is 24.5. The predicted molar refractivity (Wildman–Crippen MR) is 124 cm³/mol. The van der Waals surface area contributed by atoms with Gasteiger partial charge in [0.25, 0.3) is 15.9 Å². The van der Waals surface area contributed by atoms with Crippen LogP contribution in [-0.2, 0) is 21.2 Å². The van der Waals surface area contributed by atoms with Gasteiger partial charge in [-0.15, -0.1) is 0 Å². The molecule has 10 heteroatoms. The van der Waals surface area contributed by atoms with Crippen molar-refractivity contribution in [3.8, 4) is 5.75 Å². The third-order valence-electron chi connectivity index (χ3n) is 4.93. The number of carbonyl (C=O) groups excluding carboxylic acids is 2. The number of para-hydroxylation sites is 1. The molecule has 1 aliphatic rings. The van der Waals surface area contributed by atoms with Crippen LogP contribution >= 0.6 is 0 Å². The van der Waals surface area contributed by atoms with Gasteiger partial charge in [-0.3, -0.25) is 9.10 Å². The van der Waals surface area contributed by atoms with Crippen molar-refractivity contribution in [2.75, 3.05) is 31.0 Å². The number of anilines is 1. The van der Waals surface area contributed by atoms with Gasteiger partial charge in [0.2, 0.25) is 0 Å². The van der Waals surface area contributed by atoms with E-state index in [-0.39, 0.29) is 29.3 Å². The van der Waals surface area contributed by atoms with Crippen molar-refractivity contribution in [1.29, 1.82) is 0 Å². The van der Waals surface area contributed by atoms with Gasteiger partial charge in [0.1, 0.15) is 11.4 Å². The molecule has 2 amide bonds. The van der Waals surface area contributed by atoms with E-state index in [2.05, 4.69) is 10.6 Å². The topological polar surface area (TPSA) is 114 Å². The molecule has 0 aromatic heterocycles. The number of hydrogen-bond donors (Lipinski definition) is 2. The lowest BCUT2D eigenvalue weighted by Gasteiger charge is -2.20. The largest absolute Gasteiger partial charge is 0.496 e. The zero-order chi connectivity index (χ0) is 24.2. The van der Waals surface area contributed by atoms with Crippen molar-refractivity contribution in [2.45, 2.75) is 37.7 Å². The Morgan fingerprint density at radius 1 is 1.06 bits per heavy atom. The van der Waals surface area contributed by atoms with Crippen LogP contribution in [0.5, 0.6) is 5.75 Å². The molecule has 0 fully saturated rings. The summed E-state index contributed by atoms with van der Waals surface area (Å²) in [6.07, 6.45) is 0.0390. The number of ether oxygens (including phenoxy) is 2. The highest BCUT2D eigenvalue weighted by Crippen LogP contribution is 2.33. The van der Waals surface area contributed by atoms with Crippen molar-refractivity contribution in [3.63, 3.8) is 0 Å². The minimum absolute atomic E-state index is 0.00275. The van der Waals surface area contributed by atoms with Crippen LogP contribution in [0.2, 0.25) is 0 Å². The highest BCUT2D eigenvalue weighted by molar-refractivity contribution is 7.92. The Balaban J connectivity index is 1.72. The van der Waals surface area contributed by atoms with Gasteiger partial charge < -0.3 is 20.1 Å². The second-order valence-electron chi connectivity index (χ2n) is 8.50. The summed E-state index contributed by atoms with van der Waals surface area (Å²) >= 11 is 0. The van der Waals surface area contributed by atoms with Crippen molar-refractivity contribution in [3.05, 3.63) is 53.6 Å². The second-order valence-corrected chi connectivity index (χ2v) is 10.4. The molecule has 0 atom stereocenters. The molecule has 0 aliphatic carbocycles. The van der Waals surface area contributed by atoms with Crippen LogP contribution in [0.3, 0.4) is 0 Å². The Hall–Kier alpha value is -3.27. The zero-order valence-corrected chi connectivity index (χ0v) is 20.0. The summed E-state index contributed by atoms with van der Waals surface area (Å²) in [6.45, 7) is 5.86. The fourth-order valence-corrected chi connectivity index (χ4v) is 4.99. The van der Waals surface area contributed by atoms with Gasteiger partial charge in [-0.2, -0.15) is 0 Å². The first kappa shape index (κ1) is 24.4. The fraction of sp³-hybridized carbons (Fsp3) is 0.391. The number of amides is 2. The quantitative estimate of drug-likeness (QED) is 0.595. The number of rotatable bonds is 7. The standard InChI is InChI=1S/C23H29N3O6S/c1-23(2,3)32-22(28)25-13-12-24-21(27)18-15-17(9-10-20(18)31-4)33(29,30)26-14-11-16-7-5-6-8-19(16)26/h5-10,15H,11-14H2,1-4H3,(H,24,27)(H,25,28). The van der Waals surface area contributed by atoms with E-state index in [1.165, 1.54) is 29.6 Å². The van der Waals surface area contributed by atoms with Crippen LogP contribution in [0.4, 0.5) is 10.5 Å². The molecular weight excluding hydrogens is 446 g/mol. The SMILES string of the molecule is COc1ccc(S(=O)(=O)N2CCc3ccccc32)cc1C(=O)NCCNC(=O)OC(C)(C)C. The number of nitrogens with one attached hydrogen (secondary N) is 2. The summed E-state index contributed by atoms with van der Waals surface area (Å²) in [5, 5.41) is 5.21. The van der Waals surface area contributed by atoms with E-state index in [1.54, 1.807) is 32.9 Å². The molecular formula is C23H29N3O6S. The van der Waals surface area contributed by atoms with Gasteiger partial charge in [0, 0.05) is 19.6 Å². The van der Waals surface area contributed by atoms with Crippen LogP contribution in [0, 0.1) is 0 Å². The normalized spacial score (nSPS) is 13.3. The molecule has 0 saturated carbocycles. The molecule has 1 heterocycles. The number of nitrogens with zero attached hydrogens (tertiary/aromatic N) is 1. The van der Waals surface area contributed by atoms with Gasteiger partial charge in [-0.25, -0.2) is 13.2 Å². The lowest BCUT2D eigenvalue weighted by atomic mass is 10.2. The summed E-state index contributed by atoms with van der Waals surface area (Å²) in [5.41, 5.74) is 1.07. The van der Waals surface area contributed by atoms with Crippen molar-refractivity contribution in [2.24, 2.45) is 0 Å². The Morgan fingerprint density at radius 2 is 1.76 bits per heavy atom. The average molecular weight is 476 g/mol. The minimum atomic E-state index is -3.86.